The van der Waals surface area contributed by atoms with Gasteiger partial charge in [0.15, 0.2) is 0 Å². The second-order valence-corrected chi connectivity index (χ2v) is 21.7. The normalized spacial score (nSPS) is 13.5. The van der Waals surface area contributed by atoms with Gasteiger partial charge < -0.3 is 14.4 Å². The molecule has 0 spiro atoms. The highest BCUT2D eigenvalue weighted by Gasteiger charge is 2.36. The van der Waals surface area contributed by atoms with Crippen LogP contribution in [0.3, 0.4) is 0 Å². The monoisotopic (exact) mass is 1030 g/mol. The first-order valence-corrected chi connectivity index (χ1v) is 28.4. The first kappa shape index (κ1) is 50.9. The molecule has 0 unspecified atom stereocenters. The zero-order valence-corrected chi connectivity index (χ0v) is 46.6. The first-order chi connectivity index (χ1) is 37.8. The Morgan fingerprint density at radius 3 is 1.64 bits per heavy atom. The fourth-order valence-corrected chi connectivity index (χ4v) is 13.6. The Kier molecular flexibility index (Phi) is 14.4. The summed E-state index contributed by atoms with van der Waals surface area (Å²) in [4.78, 5) is 9.85. The molecule has 1 aromatic heterocycles. The van der Waals surface area contributed by atoms with Gasteiger partial charge in [-0.1, -0.05) is 191 Å². The van der Waals surface area contributed by atoms with E-state index in [0.29, 0.717) is 0 Å². The molecule has 0 radical (unpaired) electrons. The third-order valence-electron chi connectivity index (χ3n) is 14.8. The van der Waals surface area contributed by atoms with E-state index < -0.39 is 0 Å². The molecule has 0 amide bonds. The Morgan fingerprint density at radius 1 is 0.494 bits per heavy atom. The lowest BCUT2D eigenvalue weighted by Crippen LogP contribution is -2.20. The summed E-state index contributed by atoms with van der Waals surface area (Å²) in [6.07, 6.45) is 14.5. The highest BCUT2D eigenvalue weighted by Crippen LogP contribution is 2.55. The number of anilines is 4. The number of nitrogens with zero attached hydrogens (tertiary/aromatic N) is 3. The molecule has 0 saturated carbocycles. The van der Waals surface area contributed by atoms with Crippen molar-refractivity contribution in [1.82, 2.24) is 4.57 Å². The van der Waals surface area contributed by atoms with Crippen molar-refractivity contribution in [1.29, 1.82) is 0 Å². The molecule has 77 heavy (non-hydrogen) atoms. The summed E-state index contributed by atoms with van der Waals surface area (Å²) in [6, 6.07) is 74.0. The van der Waals surface area contributed by atoms with Gasteiger partial charge in [0.05, 0.1) is 15.9 Å². The van der Waals surface area contributed by atoms with E-state index in [1.54, 1.807) is 0 Å². The summed E-state index contributed by atoms with van der Waals surface area (Å²) in [5.74, 6) is 0. The zero-order valence-electron chi connectivity index (χ0n) is 45.0. The molecule has 378 valence electrons. The van der Waals surface area contributed by atoms with Crippen LogP contribution < -0.4 is 9.80 Å². The van der Waals surface area contributed by atoms with Crippen molar-refractivity contribution in [3.8, 4) is 39.1 Å². The van der Waals surface area contributed by atoms with E-state index >= 15 is 0 Å². The predicted molar refractivity (Wildman–Crippen MR) is 334 cm³/mol. The minimum absolute atomic E-state index is 0.117. The number of rotatable bonds is 12. The minimum Gasteiger partial charge on any atom is -0.311 e. The molecule has 9 aromatic carbocycles. The van der Waals surface area contributed by atoms with Gasteiger partial charge in [0, 0.05) is 70.7 Å². The van der Waals surface area contributed by atoms with Crippen LogP contribution in [0.25, 0.3) is 60.9 Å². The number of aromatic nitrogens is 1. The van der Waals surface area contributed by atoms with Gasteiger partial charge in [-0.2, -0.15) is 0 Å². The van der Waals surface area contributed by atoms with Gasteiger partial charge in [-0.05, 0) is 175 Å². The molecule has 0 atom stereocenters. The third-order valence-corrected chi connectivity index (χ3v) is 17.4. The highest BCUT2D eigenvalue weighted by atomic mass is 32.2. The smallest absolute Gasteiger partial charge is 0.0692 e. The molecule has 0 N–H and O–H groups in total. The van der Waals surface area contributed by atoms with Crippen LogP contribution in [-0.2, 0) is 5.41 Å². The SMILES string of the molecule is C=C/C=C(\C=C/C)N(C(/C=C\C)=C/C)c1ccc(N(c2ccc(-c3ccccc3)cc2)c2ccc(-c3ccc(-n4c5cc6c(cc5c5ccc7c(c54)Sc4ccccc4S7)-c4ccccc4C6(C)C)cc3)cc2)cc1.CC. The van der Waals surface area contributed by atoms with E-state index in [-0.39, 0.29) is 5.41 Å². The molecule has 10 aromatic rings. The average Bonchev–Trinajstić information content (AvgIpc) is 4.14. The highest BCUT2D eigenvalue weighted by molar-refractivity contribution is 8.05. The van der Waals surface area contributed by atoms with Crippen LogP contribution in [0.1, 0.15) is 59.6 Å². The Morgan fingerprint density at radius 2 is 1.03 bits per heavy atom. The maximum Gasteiger partial charge on any atom is 0.0692 e. The molecule has 1 aliphatic carbocycles. The number of fused-ring (bicyclic) bond motifs is 9. The largest absolute Gasteiger partial charge is 0.311 e. The van der Waals surface area contributed by atoms with Gasteiger partial charge in [-0.15, -0.1) is 0 Å². The number of hydrogen-bond acceptors (Lipinski definition) is 4. The molecule has 2 aliphatic rings. The summed E-state index contributed by atoms with van der Waals surface area (Å²) in [7, 11) is 0. The van der Waals surface area contributed by atoms with Crippen molar-refractivity contribution in [3.63, 3.8) is 0 Å². The standard InChI is InChI=1S/C70H57N3S2.C2H6/c1-7-18-51(10-4)71(52(19-8-2)20-9-3)55-39-41-56(42-40-55)72(53-33-27-48(28-34-53)47-21-12-11-13-22-47)54-35-29-49(30-36-54)50-31-37-57(38-32-50)73-64-46-63-60(58-23-14-15-24-62(58)70(63,5)6)45-61(64)59-43-44-67-69(68(59)73)75-66-26-17-16-25-65(66)74-67;1-2/h7-46H,2H2,1,3-6H3;1-2H3/b18-7-,20-9-,51-10+,52-19+;. The molecule has 3 nitrogen and oxygen atoms in total. The molecule has 2 heterocycles. The van der Waals surface area contributed by atoms with Crippen molar-refractivity contribution >= 4 is 68.1 Å². The van der Waals surface area contributed by atoms with Crippen molar-refractivity contribution in [2.24, 2.45) is 0 Å². The van der Waals surface area contributed by atoms with Gasteiger partial charge in [0.1, 0.15) is 0 Å². The van der Waals surface area contributed by atoms with Gasteiger partial charge in [-0.3, -0.25) is 0 Å². The molecular weight excluding hydrogens is 971 g/mol. The Hall–Kier alpha value is -8.22. The Balaban J connectivity index is 0.00000312. The number of hydrogen-bond donors (Lipinski definition) is 0. The number of benzene rings is 9. The van der Waals surface area contributed by atoms with Gasteiger partial charge in [-0.25, -0.2) is 0 Å². The van der Waals surface area contributed by atoms with Crippen molar-refractivity contribution in [2.45, 2.75) is 73.5 Å². The fourth-order valence-electron chi connectivity index (χ4n) is 11.2. The van der Waals surface area contributed by atoms with Crippen LogP contribution >= 0.6 is 23.5 Å². The van der Waals surface area contributed by atoms with Gasteiger partial charge >= 0.3 is 0 Å². The van der Waals surface area contributed by atoms with Crippen molar-refractivity contribution in [2.75, 3.05) is 9.80 Å². The van der Waals surface area contributed by atoms with Crippen molar-refractivity contribution < 1.29 is 0 Å². The van der Waals surface area contributed by atoms with Crippen LogP contribution in [0.15, 0.2) is 280 Å². The second-order valence-electron chi connectivity index (χ2n) is 19.6. The molecular formula is C72H63N3S2. The lowest BCUT2D eigenvalue weighted by Gasteiger charge is -2.29. The van der Waals surface area contributed by atoms with Gasteiger partial charge in [0.2, 0.25) is 0 Å². The summed E-state index contributed by atoms with van der Waals surface area (Å²) in [5, 5.41) is 2.57. The summed E-state index contributed by atoms with van der Waals surface area (Å²) in [5.41, 5.74) is 20.1. The zero-order chi connectivity index (χ0) is 53.2. The molecule has 1 aliphatic heterocycles. The van der Waals surface area contributed by atoms with Crippen LogP contribution in [0.5, 0.6) is 0 Å². The predicted octanol–water partition coefficient (Wildman–Crippen LogP) is 21.5. The third kappa shape index (κ3) is 9.28. The lowest BCUT2D eigenvalue weighted by atomic mass is 9.82. The van der Waals surface area contributed by atoms with Gasteiger partial charge in [0.25, 0.3) is 0 Å². The van der Waals surface area contributed by atoms with E-state index in [1.807, 2.05) is 50.4 Å². The topological polar surface area (TPSA) is 11.4 Å². The number of allylic oxidation sites excluding steroid dienone is 7. The van der Waals surface area contributed by atoms with E-state index in [9.17, 15) is 0 Å². The quantitative estimate of drug-likeness (QED) is 0.113. The summed E-state index contributed by atoms with van der Waals surface area (Å²) < 4.78 is 2.54. The molecule has 0 saturated heterocycles. The minimum atomic E-state index is -0.117. The molecule has 0 fully saturated rings. The lowest BCUT2D eigenvalue weighted by molar-refractivity contribution is 0.661. The fraction of sp³-hybridized carbons (Fsp3) is 0.111. The first-order valence-electron chi connectivity index (χ1n) is 26.8. The summed E-state index contributed by atoms with van der Waals surface area (Å²) >= 11 is 3.78. The average molecular weight is 1030 g/mol. The summed E-state index contributed by atoms with van der Waals surface area (Å²) in [6.45, 7) is 19.0. The molecule has 0 bridgehead atoms. The van der Waals surface area contributed by atoms with E-state index in [1.165, 1.54) is 74.8 Å². The van der Waals surface area contributed by atoms with E-state index in [2.05, 4.69) is 285 Å². The molecule has 12 rings (SSSR count). The molecule has 5 heteroatoms. The second kappa shape index (κ2) is 21.8. The van der Waals surface area contributed by atoms with E-state index in [4.69, 9.17) is 0 Å². The van der Waals surface area contributed by atoms with Crippen LogP contribution in [0, 0.1) is 0 Å². The Labute approximate surface area is 463 Å². The van der Waals surface area contributed by atoms with Crippen LogP contribution in [-0.4, -0.2) is 4.57 Å². The van der Waals surface area contributed by atoms with Crippen LogP contribution in [0.4, 0.5) is 22.7 Å². The van der Waals surface area contributed by atoms with Crippen LogP contribution in [0.2, 0.25) is 0 Å². The van der Waals surface area contributed by atoms with E-state index in [0.717, 1.165) is 51.0 Å². The Bertz CT molecular complexity index is 3930. The maximum absolute atomic E-state index is 4.03. The maximum atomic E-state index is 4.03. The van der Waals surface area contributed by atoms with Crippen molar-refractivity contribution in [3.05, 3.63) is 272 Å².